The molecule has 0 radical (unpaired) electrons. The highest BCUT2D eigenvalue weighted by Crippen LogP contribution is 2.12. The number of hydrogen-bond acceptors (Lipinski definition) is 3. The Hall–Kier alpha value is -3.02. The Kier molecular flexibility index (Phi) is 7.49. The van der Waals surface area contributed by atoms with E-state index in [9.17, 15) is 4.79 Å². The normalized spacial score (nSPS) is 11.1. The molecule has 0 aliphatic rings. The van der Waals surface area contributed by atoms with Crippen LogP contribution in [0.4, 0.5) is 5.69 Å². The van der Waals surface area contributed by atoms with Crippen molar-refractivity contribution in [2.75, 3.05) is 26.0 Å². The molecule has 1 heterocycles. The molecule has 0 atom stereocenters. The fraction of sp³-hybridized carbons (Fsp3) is 0.300. The van der Waals surface area contributed by atoms with Crippen molar-refractivity contribution in [1.82, 2.24) is 10.2 Å². The van der Waals surface area contributed by atoms with Crippen molar-refractivity contribution < 1.29 is 9.21 Å². The van der Waals surface area contributed by atoms with Crippen LogP contribution in [0.5, 0.6) is 0 Å². The van der Waals surface area contributed by atoms with Gasteiger partial charge in [0.05, 0.1) is 6.26 Å². The van der Waals surface area contributed by atoms with E-state index in [0.717, 1.165) is 36.6 Å². The van der Waals surface area contributed by atoms with Crippen LogP contribution in [-0.4, -0.2) is 37.4 Å². The van der Waals surface area contributed by atoms with E-state index in [4.69, 9.17) is 4.42 Å². The number of carbonyl (C=O) groups is 1. The first-order chi connectivity index (χ1) is 12.6. The van der Waals surface area contributed by atoms with E-state index < -0.39 is 0 Å². The topological polar surface area (TPSA) is 69.9 Å². The lowest BCUT2D eigenvalue weighted by Crippen LogP contribution is -2.38. The Morgan fingerprint density at radius 3 is 2.69 bits per heavy atom. The van der Waals surface area contributed by atoms with Crippen LogP contribution in [-0.2, 0) is 6.54 Å². The number of aliphatic imine (C=N–C) groups is 1. The first kappa shape index (κ1) is 19.3. The molecule has 0 unspecified atom stereocenters. The lowest BCUT2D eigenvalue weighted by molar-refractivity contribution is 0.0996. The van der Waals surface area contributed by atoms with Crippen molar-refractivity contribution >= 4 is 17.6 Å². The quantitative estimate of drug-likeness (QED) is 0.329. The predicted octanol–water partition coefficient (Wildman–Crippen LogP) is 3.51. The van der Waals surface area contributed by atoms with Crippen LogP contribution in [0.3, 0.4) is 0 Å². The lowest BCUT2D eigenvalue weighted by Gasteiger charge is -2.22. The smallest absolute Gasteiger partial charge is 0.291 e. The van der Waals surface area contributed by atoms with E-state index in [0.29, 0.717) is 12.3 Å². The van der Waals surface area contributed by atoms with Crippen molar-refractivity contribution in [2.45, 2.75) is 19.4 Å². The molecule has 6 heteroatoms. The second-order valence-corrected chi connectivity index (χ2v) is 5.88. The molecule has 6 nitrogen and oxygen atoms in total. The molecule has 2 rings (SSSR count). The molecule has 0 aliphatic heterocycles. The van der Waals surface area contributed by atoms with Crippen molar-refractivity contribution in [2.24, 2.45) is 4.99 Å². The Bertz CT molecular complexity index is 721. The van der Waals surface area contributed by atoms with Gasteiger partial charge in [-0.2, -0.15) is 0 Å². The number of rotatable bonds is 8. The molecular formula is C20H26N4O2. The third-order valence-corrected chi connectivity index (χ3v) is 3.88. The summed E-state index contributed by atoms with van der Waals surface area (Å²) in [5.41, 5.74) is 1.82. The molecule has 0 fully saturated rings. The second kappa shape index (κ2) is 10.1. The molecule has 1 amide bonds. The Morgan fingerprint density at radius 2 is 2.08 bits per heavy atom. The summed E-state index contributed by atoms with van der Waals surface area (Å²) in [5, 5.41) is 6.14. The number of furan rings is 1. The Labute approximate surface area is 154 Å². The summed E-state index contributed by atoms with van der Waals surface area (Å²) < 4.78 is 5.08. The van der Waals surface area contributed by atoms with Crippen molar-refractivity contribution in [1.29, 1.82) is 0 Å². The monoisotopic (exact) mass is 354 g/mol. The molecule has 2 N–H and O–H groups in total. The molecule has 1 aromatic carbocycles. The summed E-state index contributed by atoms with van der Waals surface area (Å²) in [7, 11) is 3.80. The van der Waals surface area contributed by atoms with Gasteiger partial charge in [-0.25, -0.2) is 0 Å². The molecule has 138 valence electrons. The van der Waals surface area contributed by atoms with Gasteiger partial charge in [0, 0.05) is 32.9 Å². The number of carbonyl (C=O) groups excluding carboxylic acids is 1. The number of hydrogen-bond donors (Lipinski definition) is 2. The maximum absolute atomic E-state index is 12.0. The third-order valence-electron chi connectivity index (χ3n) is 3.88. The number of anilines is 1. The van der Waals surface area contributed by atoms with Crippen LogP contribution in [0.25, 0.3) is 0 Å². The van der Waals surface area contributed by atoms with Crippen molar-refractivity contribution in [3.63, 3.8) is 0 Å². The van der Waals surface area contributed by atoms with E-state index in [1.165, 1.54) is 6.26 Å². The fourth-order valence-electron chi connectivity index (χ4n) is 2.45. The van der Waals surface area contributed by atoms with Crippen molar-refractivity contribution in [3.05, 3.63) is 66.6 Å². The molecule has 2 aromatic rings. The van der Waals surface area contributed by atoms with Gasteiger partial charge >= 0.3 is 0 Å². The second-order valence-electron chi connectivity index (χ2n) is 5.88. The molecular weight excluding hydrogens is 328 g/mol. The van der Waals surface area contributed by atoms with Gasteiger partial charge in [-0.3, -0.25) is 9.79 Å². The van der Waals surface area contributed by atoms with Crippen molar-refractivity contribution in [3.8, 4) is 0 Å². The average molecular weight is 354 g/mol. The number of unbranched alkanes of at least 4 members (excludes halogenated alkanes) is 1. The summed E-state index contributed by atoms with van der Waals surface area (Å²) in [6.07, 6.45) is 5.44. The maximum atomic E-state index is 12.0. The highest BCUT2D eigenvalue weighted by molar-refractivity contribution is 6.02. The summed E-state index contributed by atoms with van der Waals surface area (Å²) in [5.74, 6) is 0.880. The van der Waals surface area contributed by atoms with E-state index >= 15 is 0 Å². The SMILES string of the molecule is C=CCCCN(C)C(=NC)NCc1ccc(NC(=O)c2ccco2)cc1. The minimum atomic E-state index is -0.262. The zero-order valence-corrected chi connectivity index (χ0v) is 15.4. The largest absolute Gasteiger partial charge is 0.459 e. The van der Waals surface area contributed by atoms with Gasteiger partial charge in [0.2, 0.25) is 0 Å². The van der Waals surface area contributed by atoms with Gasteiger partial charge in [-0.05, 0) is 42.7 Å². The Balaban J connectivity index is 1.84. The maximum Gasteiger partial charge on any atom is 0.291 e. The van der Waals surface area contributed by atoms with Crippen LogP contribution in [0.2, 0.25) is 0 Å². The minimum absolute atomic E-state index is 0.262. The molecule has 0 bridgehead atoms. The van der Waals surface area contributed by atoms with Crippen LogP contribution >= 0.6 is 0 Å². The summed E-state index contributed by atoms with van der Waals surface area (Å²) >= 11 is 0. The number of amides is 1. The molecule has 1 aromatic heterocycles. The first-order valence-electron chi connectivity index (χ1n) is 8.60. The summed E-state index contributed by atoms with van der Waals surface area (Å²) in [4.78, 5) is 18.4. The molecule has 0 spiro atoms. The number of nitrogens with one attached hydrogen (secondary N) is 2. The Morgan fingerprint density at radius 1 is 1.31 bits per heavy atom. The third kappa shape index (κ3) is 5.81. The molecule has 26 heavy (non-hydrogen) atoms. The first-order valence-corrected chi connectivity index (χ1v) is 8.60. The molecule has 0 saturated heterocycles. The van der Waals surface area contributed by atoms with E-state index in [-0.39, 0.29) is 5.91 Å². The van der Waals surface area contributed by atoms with Crippen LogP contribution < -0.4 is 10.6 Å². The lowest BCUT2D eigenvalue weighted by atomic mass is 10.2. The number of guanidine groups is 1. The average Bonchev–Trinajstić information content (AvgIpc) is 3.18. The van der Waals surface area contributed by atoms with Gasteiger partial charge < -0.3 is 20.0 Å². The zero-order chi connectivity index (χ0) is 18.8. The summed E-state index contributed by atoms with van der Waals surface area (Å²) in [6, 6.07) is 11.0. The van der Waals surface area contributed by atoms with Crippen LogP contribution in [0.1, 0.15) is 29.0 Å². The zero-order valence-electron chi connectivity index (χ0n) is 15.4. The van der Waals surface area contributed by atoms with Crippen LogP contribution in [0, 0.1) is 0 Å². The number of benzene rings is 1. The van der Waals surface area contributed by atoms with E-state index in [1.807, 2.05) is 37.4 Å². The minimum Gasteiger partial charge on any atom is -0.459 e. The van der Waals surface area contributed by atoms with Gasteiger partial charge in [0.25, 0.3) is 5.91 Å². The highest BCUT2D eigenvalue weighted by atomic mass is 16.3. The fourth-order valence-corrected chi connectivity index (χ4v) is 2.45. The van der Waals surface area contributed by atoms with Gasteiger partial charge in [-0.1, -0.05) is 18.2 Å². The number of nitrogens with zero attached hydrogens (tertiary/aromatic N) is 2. The van der Waals surface area contributed by atoms with Gasteiger partial charge in [-0.15, -0.1) is 6.58 Å². The number of allylic oxidation sites excluding steroid dienone is 1. The molecule has 0 saturated carbocycles. The summed E-state index contributed by atoms with van der Waals surface area (Å²) in [6.45, 7) is 5.32. The van der Waals surface area contributed by atoms with Gasteiger partial charge in [0.1, 0.15) is 0 Å². The predicted molar refractivity (Wildman–Crippen MR) is 105 cm³/mol. The van der Waals surface area contributed by atoms with Crippen LogP contribution in [0.15, 0.2) is 64.7 Å². The van der Waals surface area contributed by atoms with Gasteiger partial charge in [0.15, 0.2) is 11.7 Å². The standard InChI is InChI=1S/C20H26N4O2/c1-4-5-6-13-24(3)20(21-2)22-15-16-9-11-17(12-10-16)23-19(25)18-8-7-14-26-18/h4,7-12,14H,1,5-6,13,15H2,2-3H3,(H,21,22)(H,23,25). The van der Waals surface area contributed by atoms with E-state index in [2.05, 4.69) is 27.1 Å². The molecule has 0 aliphatic carbocycles. The highest BCUT2D eigenvalue weighted by Gasteiger charge is 2.09. The van der Waals surface area contributed by atoms with E-state index in [1.54, 1.807) is 19.2 Å².